The van der Waals surface area contributed by atoms with Crippen LogP contribution in [0.5, 0.6) is 0 Å². The van der Waals surface area contributed by atoms with E-state index in [4.69, 9.17) is 9.84 Å². The largest absolute Gasteiger partial charge is 0.481 e. The molecule has 1 atom stereocenters. The molecule has 4 nitrogen and oxygen atoms in total. The van der Waals surface area contributed by atoms with Crippen molar-refractivity contribution in [3.63, 3.8) is 0 Å². The molecule has 0 aliphatic rings. The molecule has 1 N–H and O–H groups in total. The summed E-state index contributed by atoms with van der Waals surface area (Å²) in [4.78, 5) is 23.2. The molecule has 0 amide bonds. The average Bonchev–Trinajstić information content (AvgIpc) is 2.80. The van der Waals surface area contributed by atoms with Gasteiger partial charge in [-0.25, -0.2) is 0 Å². The van der Waals surface area contributed by atoms with E-state index in [0.717, 1.165) is 44.9 Å². The van der Waals surface area contributed by atoms with Gasteiger partial charge in [-0.1, -0.05) is 109 Å². The van der Waals surface area contributed by atoms with Gasteiger partial charge in [0.25, 0.3) is 0 Å². The van der Waals surface area contributed by atoms with Crippen LogP contribution in [0.3, 0.4) is 0 Å². The molecule has 1 unspecified atom stereocenters. The van der Waals surface area contributed by atoms with Crippen LogP contribution in [0.1, 0.15) is 149 Å². The molecule has 0 aromatic carbocycles. The van der Waals surface area contributed by atoms with Gasteiger partial charge in [0, 0.05) is 6.42 Å². The Morgan fingerprint density at radius 1 is 0.676 bits per heavy atom. The van der Waals surface area contributed by atoms with Crippen molar-refractivity contribution in [1.82, 2.24) is 0 Å². The fourth-order valence-corrected chi connectivity index (χ4v) is 4.05. The minimum Gasteiger partial charge on any atom is -0.481 e. The summed E-state index contributed by atoms with van der Waals surface area (Å²) in [5, 5.41) is 9.10. The molecule has 34 heavy (non-hydrogen) atoms. The molecule has 0 radical (unpaired) electrons. The van der Waals surface area contributed by atoms with Crippen LogP contribution in [0.2, 0.25) is 0 Å². The quantitative estimate of drug-likeness (QED) is 0.0806. The van der Waals surface area contributed by atoms with E-state index in [-0.39, 0.29) is 12.4 Å². The van der Waals surface area contributed by atoms with Crippen molar-refractivity contribution >= 4 is 11.9 Å². The number of ether oxygens (including phenoxy) is 1. The third-order valence-electron chi connectivity index (χ3n) is 6.16. The van der Waals surface area contributed by atoms with Crippen LogP contribution in [-0.2, 0) is 14.3 Å². The average molecular weight is 479 g/mol. The number of hydrogen-bond donors (Lipinski definition) is 1. The lowest BCUT2D eigenvalue weighted by molar-refractivity contribution is -0.153. The van der Waals surface area contributed by atoms with Gasteiger partial charge in [0.2, 0.25) is 0 Å². The first kappa shape index (κ1) is 32.4. The predicted octanol–water partition coefficient (Wildman–Crippen LogP) is 9.33. The molecule has 4 heteroatoms. The van der Waals surface area contributed by atoms with E-state index in [2.05, 4.69) is 38.2 Å². The molecular weight excluding hydrogens is 424 g/mol. The zero-order chi connectivity index (χ0) is 25.1. The van der Waals surface area contributed by atoms with Crippen molar-refractivity contribution in [2.45, 2.75) is 155 Å². The molecule has 0 aromatic rings. The summed E-state index contributed by atoms with van der Waals surface area (Å²) < 4.78 is 5.48. The number of hydrogen-bond acceptors (Lipinski definition) is 3. The summed E-state index contributed by atoms with van der Waals surface area (Å²) in [6.07, 6.45) is 30.6. The second kappa shape index (κ2) is 26.0. The Bertz CT molecular complexity index is 524. The third kappa shape index (κ3) is 25.1. The summed E-state index contributed by atoms with van der Waals surface area (Å²) in [5.74, 6) is -1.13. The molecule has 0 aliphatic carbocycles. The van der Waals surface area contributed by atoms with Crippen molar-refractivity contribution in [2.75, 3.05) is 0 Å². The molecule has 0 aliphatic heterocycles. The summed E-state index contributed by atoms with van der Waals surface area (Å²) in [5.41, 5.74) is 0. The lowest BCUT2D eigenvalue weighted by Crippen LogP contribution is -2.21. The molecule has 198 valence electrons. The maximum Gasteiger partial charge on any atom is 0.307 e. The minimum absolute atomic E-state index is 0.0790. The monoisotopic (exact) mass is 478 g/mol. The number of carboxylic acid groups (broad SMARTS) is 1. The van der Waals surface area contributed by atoms with E-state index >= 15 is 0 Å². The van der Waals surface area contributed by atoms with Gasteiger partial charge in [-0.3, -0.25) is 9.59 Å². The van der Waals surface area contributed by atoms with Crippen LogP contribution < -0.4 is 0 Å². The van der Waals surface area contributed by atoms with E-state index in [1.54, 1.807) is 0 Å². The fraction of sp³-hybridized carbons (Fsp3) is 0.800. The number of esters is 1. The highest BCUT2D eigenvalue weighted by Gasteiger charge is 2.17. The second-order valence-electron chi connectivity index (χ2n) is 9.60. The molecule has 0 bridgehead atoms. The maximum atomic E-state index is 12.1. The highest BCUT2D eigenvalue weighted by molar-refractivity contribution is 5.71. The number of carbonyl (C=O) groups excluding carboxylic acids is 1. The van der Waals surface area contributed by atoms with Gasteiger partial charge in [-0.15, -0.1) is 0 Å². The summed E-state index contributed by atoms with van der Waals surface area (Å²) in [6.45, 7) is 4.43. The molecular formula is C30H54O4. The summed E-state index contributed by atoms with van der Waals surface area (Å²) in [6, 6.07) is 0. The number of aliphatic carboxylic acids is 1. The summed E-state index contributed by atoms with van der Waals surface area (Å²) in [7, 11) is 0. The van der Waals surface area contributed by atoms with Crippen molar-refractivity contribution in [2.24, 2.45) is 0 Å². The second-order valence-corrected chi connectivity index (χ2v) is 9.60. The highest BCUT2D eigenvalue weighted by Crippen LogP contribution is 2.15. The Hall–Kier alpha value is -1.58. The van der Waals surface area contributed by atoms with E-state index in [0.29, 0.717) is 12.8 Å². The number of carbonyl (C=O) groups is 2. The molecule has 0 spiro atoms. The zero-order valence-corrected chi connectivity index (χ0v) is 22.4. The van der Waals surface area contributed by atoms with Crippen LogP contribution >= 0.6 is 0 Å². The molecule has 0 heterocycles. The number of rotatable bonds is 25. The number of carboxylic acids is 1. The highest BCUT2D eigenvalue weighted by atomic mass is 16.5. The Morgan fingerprint density at radius 3 is 1.79 bits per heavy atom. The lowest BCUT2D eigenvalue weighted by Gasteiger charge is -2.16. The first-order valence-corrected chi connectivity index (χ1v) is 14.3. The first-order valence-electron chi connectivity index (χ1n) is 14.3. The smallest absolute Gasteiger partial charge is 0.307 e. The fourth-order valence-electron chi connectivity index (χ4n) is 4.05. The molecule has 0 aromatic heterocycles. The van der Waals surface area contributed by atoms with Crippen LogP contribution in [0, 0.1) is 0 Å². The van der Waals surface area contributed by atoms with Crippen molar-refractivity contribution < 1.29 is 19.4 Å². The standard InChI is InChI=1S/C30H54O4/c1-3-5-7-9-11-12-13-14-15-16-17-18-19-20-22-24-26-30(33)34-28(27-29(31)32)25-23-21-10-8-6-4-2/h11-12,14-15,28H,3-10,13,16-27H2,1-2H3,(H,31,32)/b12-11-,15-14-. The van der Waals surface area contributed by atoms with E-state index in [1.165, 1.54) is 70.6 Å². The number of allylic oxidation sites excluding steroid dienone is 4. The summed E-state index contributed by atoms with van der Waals surface area (Å²) >= 11 is 0. The van der Waals surface area contributed by atoms with Crippen LogP contribution in [0.15, 0.2) is 24.3 Å². The van der Waals surface area contributed by atoms with Crippen LogP contribution in [0.4, 0.5) is 0 Å². The Kier molecular flexibility index (Phi) is 24.8. The van der Waals surface area contributed by atoms with Crippen molar-refractivity contribution in [3.05, 3.63) is 24.3 Å². The molecule has 0 fully saturated rings. The van der Waals surface area contributed by atoms with E-state index < -0.39 is 12.1 Å². The van der Waals surface area contributed by atoms with Gasteiger partial charge in [0.15, 0.2) is 0 Å². The van der Waals surface area contributed by atoms with E-state index in [1.807, 2.05) is 0 Å². The topological polar surface area (TPSA) is 63.6 Å². The Balaban J connectivity index is 3.68. The van der Waals surface area contributed by atoms with Crippen molar-refractivity contribution in [3.8, 4) is 0 Å². The first-order chi connectivity index (χ1) is 16.6. The van der Waals surface area contributed by atoms with Crippen LogP contribution in [0.25, 0.3) is 0 Å². The predicted molar refractivity (Wildman–Crippen MR) is 144 cm³/mol. The normalized spacial score (nSPS) is 12.5. The van der Waals surface area contributed by atoms with Crippen LogP contribution in [-0.4, -0.2) is 23.1 Å². The van der Waals surface area contributed by atoms with Gasteiger partial charge in [-0.2, -0.15) is 0 Å². The SMILES string of the molecule is CCCCC/C=C\C/C=C\CCCCCCCCC(=O)OC(CCCCCCCC)CC(=O)O. The third-order valence-corrected chi connectivity index (χ3v) is 6.16. The van der Waals surface area contributed by atoms with Gasteiger partial charge < -0.3 is 9.84 Å². The van der Waals surface area contributed by atoms with Gasteiger partial charge in [0.1, 0.15) is 6.10 Å². The molecule has 0 rings (SSSR count). The lowest BCUT2D eigenvalue weighted by atomic mass is 10.1. The van der Waals surface area contributed by atoms with Gasteiger partial charge >= 0.3 is 11.9 Å². The molecule has 0 saturated heterocycles. The van der Waals surface area contributed by atoms with Gasteiger partial charge in [0.05, 0.1) is 6.42 Å². The van der Waals surface area contributed by atoms with E-state index in [9.17, 15) is 9.59 Å². The Labute approximate surface area is 210 Å². The zero-order valence-electron chi connectivity index (χ0n) is 22.4. The Morgan fingerprint density at radius 2 is 1.18 bits per heavy atom. The maximum absolute atomic E-state index is 12.1. The van der Waals surface area contributed by atoms with Gasteiger partial charge in [-0.05, 0) is 51.4 Å². The minimum atomic E-state index is -0.891. The number of unbranched alkanes of at least 4 members (excludes halogenated alkanes) is 14. The van der Waals surface area contributed by atoms with Crippen molar-refractivity contribution in [1.29, 1.82) is 0 Å². The molecule has 0 saturated carbocycles.